The van der Waals surface area contributed by atoms with Gasteiger partial charge in [0, 0.05) is 5.56 Å². The van der Waals surface area contributed by atoms with Gasteiger partial charge in [-0.2, -0.15) is 5.26 Å². The predicted octanol–water partition coefficient (Wildman–Crippen LogP) is 4.15. The molecule has 4 nitrogen and oxygen atoms in total. The second kappa shape index (κ2) is 6.99. The smallest absolute Gasteiger partial charge is 0.203 e. The van der Waals surface area contributed by atoms with E-state index in [1.165, 1.54) is 25.3 Å². The quantitative estimate of drug-likeness (QED) is 0.520. The number of ether oxygens (including phenoxy) is 1. The molecule has 0 aromatic heterocycles. The molecule has 0 aliphatic carbocycles. The van der Waals surface area contributed by atoms with Gasteiger partial charge >= 0.3 is 0 Å². The van der Waals surface area contributed by atoms with Crippen molar-refractivity contribution in [3.05, 3.63) is 63.7 Å². The van der Waals surface area contributed by atoms with Crippen LogP contribution in [0.5, 0.6) is 11.5 Å². The van der Waals surface area contributed by atoms with Crippen LogP contribution in [0.3, 0.4) is 0 Å². The van der Waals surface area contributed by atoms with Crippen molar-refractivity contribution in [3.63, 3.8) is 0 Å². The molecule has 0 radical (unpaired) electrons. The number of allylic oxidation sites excluding steroid dienone is 1. The second-order valence-electron chi connectivity index (χ2n) is 4.87. The molecule has 0 amide bonds. The maximum absolute atomic E-state index is 12.5. The number of phenolic OH excluding ortho intramolecular Hbond substituents is 1. The molecule has 5 heteroatoms. The molecule has 0 atom stereocenters. The third-order valence-corrected chi connectivity index (χ3v) is 3.62. The van der Waals surface area contributed by atoms with Gasteiger partial charge in [0.05, 0.1) is 12.1 Å². The summed E-state index contributed by atoms with van der Waals surface area (Å²) in [6.45, 7) is 1.81. The van der Waals surface area contributed by atoms with E-state index in [9.17, 15) is 15.2 Å². The molecule has 23 heavy (non-hydrogen) atoms. The molecule has 0 spiro atoms. The molecule has 0 aliphatic rings. The lowest BCUT2D eigenvalue weighted by Gasteiger charge is -2.07. The summed E-state index contributed by atoms with van der Waals surface area (Å²) in [5, 5.41) is 19.1. The van der Waals surface area contributed by atoms with Gasteiger partial charge in [0.25, 0.3) is 0 Å². The van der Waals surface area contributed by atoms with Gasteiger partial charge in [-0.3, -0.25) is 4.79 Å². The summed E-state index contributed by atoms with van der Waals surface area (Å²) < 4.78 is 5.01. The van der Waals surface area contributed by atoms with Crippen molar-refractivity contribution in [2.75, 3.05) is 7.11 Å². The highest BCUT2D eigenvalue weighted by Gasteiger charge is 2.15. The Hall–Kier alpha value is -2.77. The number of methoxy groups -OCH3 is 1. The van der Waals surface area contributed by atoms with Crippen LogP contribution in [0, 0.1) is 18.3 Å². The van der Waals surface area contributed by atoms with Crippen LogP contribution >= 0.6 is 11.6 Å². The zero-order chi connectivity index (χ0) is 17.0. The van der Waals surface area contributed by atoms with Crippen LogP contribution in [0.15, 0.2) is 42.0 Å². The van der Waals surface area contributed by atoms with Crippen molar-refractivity contribution in [1.82, 2.24) is 0 Å². The van der Waals surface area contributed by atoms with E-state index in [4.69, 9.17) is 16.3 Å². The third-order valence-electron chi connectivity index (χ3n) is 3.34. The standard InChI is InChI=1S/C18H14ClNO3/c1-11-5-3-4-6-14(11)17(21)13(10-20)7-12-8-15(19)18(22)16(9-12)23-2/h3-9,22H,1-2H3. The highest BCUT2D eigenvalue weighted by Crippen LogP contribution is 2.35. The molecule has 0 fully saturated rings. The van der Waals surface area contributed by atoms with Crippen molar-refractivity contribution >= 4 is 23.5 Å². The topological polar surface area (TPSA) is 70.3 Å². The minimum atomic E-state index is -0.367. The number of aryl methyl sites for hydroxylation is 1. The largest absolute Gasteiger partial charge is 0.503 e. The van der Waals surface area contributed by atoms with E-state index < -0.39 is 0 Å². The van der Waals surface area contributed by atoms with Gasteiger partial charge < -0.3 is 9.84 Å². The summed E-state index contributed by atoms with van der Waals surface area (Å²) >= 11 is 5.92. The van der Waals surface area contributed by atoms with Crippen LogP contribution in [-0.2, 0) is 0 Å². The number of aromatic hydroxyl groups is 1. The number of hydrogen-bond donors (Lipinski definition) is 1. The lowest BCUT2D eigenvalue weighted by Crippen LogP contribution is -2.04. The zero-order valence-electron chi connectivity index (χ0n) is 12.6. The Balaban J connectivity index is 2.48. The second-order valence-corrected chi connectivity index (χ2v) is 5.27. The van der Waals surface area contributed by atoms with E-state index in [0.717, 1.165) is 5.56 Å². The van der Waals surface area contributed by atoms with Gasteiger partial charge in [-0.15, -0.1) is 0 Å². The number of Topliss-reactive ketones (excluding diaryl/α,β-unsaturated/α-hetero) is 1. The van der Waals surface area contributed by atoms with Crippen molar-refractivity contribution in [2.24, 2.45) is 0 Å². The normalized spacial score (nSPS) is 11.0. The van der Waals surface area contributed by atoms with Gasteiger partial charge in [-0.05, 0) is 36.3 Å². The molecule has 0 saturated carbocycles. The van der Waals surface area contributed by atoms with Crippen LogP contribution in [0.25, 0.3) is 6.08 Å². The number of phenols is 1. The molecule has 2 aromatic carbocycles. The van der Waals surface area contributed by atoms with E-state index in [-0.39, 0.29) is 27.9 Å². The van der Waals surface area contributed by atoms with Gasteiger partial charge in [-0.25, -0.2) is 0 Å². The fraction of sp³-hybridized carbons (Fsp3) is 0.111. The first-order valence-corrected chi connectivity index (χ1v) is 7.14. The number of ketones is 1. The van der Waals surface area contributed by atoms with Gasteiger partial charge in [0.15, 0.2) is 11.5 Å². The highest BCUT2D eigenvalue weighted by molar-refractivity contribution is 6.32. The number of rotatable bonds is 4. The summed E-state index contributed by atoms with van der Waals surface area (Å²) in [6.07, 6.45) is 1.42. The Bertz CT molecular complexity index is 835. The van der Waals surface area contributed by atoms with E-state index in [1.807, 2.05) is 25.1 Å². The Kier molecular flexibility index (Phi) is 5.05. The van der Waals surface area contributed by atoms with E-state index in [1.54, 1.807) is 12.1 Å². The number of nitriles is 1. The zero-order valence-corrected chi connectivity index (χ0v) is 13.4. The van der Waals surface area contributed by atoms with Gasteiger partial charge in [-0.1, -0.05) is 35.9 Å². The number of benzene rings is 2. The van der Waals surface area contributed by atoms with Crippen molar-refractivity contribution in [1.29, 1.82) is 5.26 Å². The Morgan fingerprint density at radius 1 is 1.35 bits per heavy atom. The predicted molar refractivity (Wildman–Crippen MR) is 88.8 cm³/mol. The highest BCUT2D eigenvalue weighted by atomic mass is 35.5. The fourth-order valence-corrected chi connectivity index (χ4v) is 2.34. The lowest BCUT2D eigenvalue weighted by molar-refractivity contribution is 0.103. The SMILES string of the molecule is COc1cc(C=C(C#N)C(=O)c2ccccc2C)cc(Cl)c1O. The third kappa shape index (κ3) is 3.53. The molecule has 0 aliphatic heterocycles. The molecular formula is C18H14ClNO3. The molecule has 0 bridgehead atoms. The molecule has 116 valence electrons. The number of carbonyl (C=O) groups excluding carboxylic acids is 1. The van der Waals surface area contributed by atoms with Crippen molar-refractivity contribution in [2.45, 2.75) is 6.92 Å². The summed E-state index contributed by atoms with van der Waals surface area (Å²) in [5.74, 6) is -0.381. The Morgan fingerprint density at radius 2 is 2.04 bits per heavy atom. The molecule has 0 unspecified atom stereocenters. The maximum Gasteiger partial charge on any atom is 0.203 e. The van der Waals surface area contributed by atoms with Gasteiger partial charge in [0.2, 0.25) is 5.78 Å². The van der Waals surface area contributed by atoms with E-state index in [2.05, 4.69) is 0 Å². The van der Waals surface area contributed by atoms with Gasteiger partial charge in [0.1, 0.15) is 11.6 Å². The first-order valence-electron chi connectivity index (χ1n) is 6.76. The van der Waals surface area contributed by atoms with Crippen molar-refractivity contribution < 1.29 is 14.6 Å². The monoisotopic (exact) mass is 327 g/mol. The average molecular weight is 328 g/mol. The van der Waals surface area contributed by atoms with Crippen LogP contribution in [-0.4, -0.2) is 18.0 Å². The minimum Gasteiger partial charge on any atom is -0.503 e. The summed E-state index contributed by atoms with van der Waals surface area (Å²) in [5.41, 5.74) is 1.73. The first kappa shape index (κ1) is 16.6. The lowest BCUT2D eigenvalue weighted by atomic mass is 9.98. The van der Waals surface area contributed by atoms with E-state index >= 15 is 0 Å². The molecule has 0 heterocycles. The molecule has 0 saturated heterocycles. The summed E-state index contributed by atoms with van der Waals surface area (Å²) in [7, 11) is 1.39. The first-order chi connectivity index (χ1) is 11.0. The Morgan fingerprint density at radius 3 is 2.65 bits per heavy atom. The molecule has 2 aromatic rings. The van der Waals surface area contributed by atoms with Crippen LogP contribution in [0.2, 0.25) is 5.02 Å². The van der Waals surface area contributed by atoms with Crippen molar-refractivity contribution in [3.8, 4) is 17.6 Å². The van der Waals surface area contributed by atoms with Crippen LogP contribution in [0.4, 0.5) is 0 Å². The summed E-state index contributed by atoms with van der Waals surface area (Å²) in [4.78, 5) is 12.5. The number of nitrogens with zero attached hydrogens (tertiary/aromatic N) is 1. The molecule has 1 N–H and O–H groups in total. The Labute approximate surface area is 139 Å². The van der Waals surface area contributed by atoms with Crippen LogP contribution < -0.4 is 4.74 Å². The maximum atomic E-state index is 12.5. The number of hydrogen-bond acceptors (Lipinski definition) is 4. The number of halogens is 1. The summed E-state index contributed by atoms with van der Waals surface area (Å²) in [6, 6.07) is 11.9. The number of carbonyl (C=O) groups is 1. The average Bonchev–Trinajstić information content (AvgIpc) is 2.55. The minimum absolute atomic E-state index is 0.0249. The van der Waals surface area contributed by atoms with Crippen LogP contribution in [0.1, 0.15) is 21.5 Å². The van der Waals surface area contributed by atoms with E-state index in [0.29, 0.717) is 11.1 Å². The molecule has 2 rings (SSSR count). The fourth-order valence-electron chi connectivity index (χ4n) is 2.12. The molecular weight excluding hydrogens is 314 g/mol.